The second-order valence-electron chi connectivity index (χ2n) is 7.63. The van der Waals surface area contributed by atoms with Crippen LogP contribution in [-0.4, -0.2) is 42.0 Å². The third kappa shape index (κ3) is 3.25. The first kappa shape index (κ1) is 15.1. The van der Waals surface area contributed by atoms with Gasteiger partial charge in [-0.15, -0.1) is 11.3 Å². The van der Waals surface area contributed by atoms with Crippen LogP contribution in [0.1, 0.15) is 42.5 Å². The molecule has 3 fully saturated rings. The highest BCUT2D eigenvalue weighted by molar-refractivity contribution is 7.10. The highest BCUT2D eigenvalue weighted by Crippen LogP contribution is 2.36. The molecule has 122 valence electrons. The number of rotatable bonds is 4. The molecule has 0 radical (unpaired) electrons. The van der Waals surface area contributed by atoms with Crippen LogP contribution in [0.3, 0.4) is 0 Å². The highest BCUT2D eigenvalue weighted by Gasteiger charge is 2.39. The van der Waals surface area contributed by atoms with Crippen molar-refractivity contribution in [1.82, 2.24) is 9.80 Å². The Morgan fingerprint density at radius 3 is 2.45 bits per heavy atom. The van der Waals surface area contributed by atoms with Crippen molar-refractivity contribution in [3.05, 3.63) is 21.9 Å². The number of hydrogen-bond acceptors (Lipinski definition) is 4. The molecule has 22 heavy (non-hydrogen) atoms. The van der Waals surface area contributed by atoms with Crippen molar-refractivity contribution in [3.63, 3.8) is 0 Å². The molecule has 1 aromatic rings. The second-order valence-corrected chi connectivity index (χ2v) is 8.62. The standard InChI is InChI=1S/C18H29N3S/c19-18-15-4-5-16(18)11-21(10-15)12-17-8-14(13-22-17)9-20-6-2-1-3-7-20/h8,13,15-16,18H,1-7,9-12,19H2. The van der Waals surface area contributed by atoms with Crippen molar-refractivity contribution in [3.8, 4) is 0 Å². The van der Waals surface area contributed by atoms with Crippen LogP contribution in [0.4, 0.5) is 0 Å². The van der Waals surface area contributed by atoms with Gasteiger partial charge in [0.1, 0.15) is 0 Å². The molecule has 2 aliphatic heterocycles. The quantitative estimate of drug-likeness (QED) is 0.926. The van der Waals surface area contributed by atoms with Gasteiger partial charge in [0.2, 0.25) is 0 Å². The molecule has 2 bridgehead atoms. The summed E-state index contributed by atoms with van der Waals surface area (Å²) in [6, 6.07) is 2.93. The zero-order valence-electron chi connectivity index (χ0n) is 13.5. The van der Waals surface area contributed by atoms with Crippen LogP contribution < -0.4 is 5.73 Å². The van der Waals surface area contributed by atoms with Crippen molar-refractivity contribution in [2.45, 2.75) is 51.2 Å². The van der Waals surface area contributed by atoms with Gasteiger partial charge in [0.15, 0.2) is 0 Å². The minimum absolute atomic E-state index is 0.481. The van der Waals surface area contributed by atoms with E-state index >= 15 is 0 Å². The number of nitrogens with two attached hydrogens (primary N) is 1. The van der Waals surface area contributed by atoms with Crippen molar-refractivity contribution in [2.24, 2.45) is 17.6 Å². The fourth-order valence-corrected chi connectivity index (χ4v) is 5.60. The lowest BCUT2D eigenvalue weighted by molar-refractivity contribution is 0.141. The Morgan fingerprint density at radius 1 is 1.00 bits per heavy atom. The summed E-state index contributed by atoms with van der Waals surface area (Å²) in [6.45, 7) is 7.32. The van der Waals surface area contributed by atoms with E-state index in [1.165, 1.54) is 63.8 Å². The SMILES string of the molecule is NC1C2CCC1CN(Cc1cc(CN3CCCCC3)cs1)C2. The van der Waals surface area contributed by atoms with Gasteiger partial charge in [-0.25, -0.2) is 0 Å². The Balaban J connectivity index is 1.32. The molecule has 4 rings (SSSR count). The molecular weight excluding hydrogens is 290 g/mol. The highest BCUT2D eigenvalue weighted by atomic mass is 32.1. The first-order chi connectivity index (χ1) is 10.8. The first-order valence-corrected chi connectivity index (χ1v) is 9.92. The Morgan fingerprint density at radius 2 is 1.73 bits per heavy atom. The van der Waals surface area contributed by atoms with Crippen LogP contribution in [0.15, 0.2) is 11.4 Å². The summed E-state index contributed by atoms with van der Waals surface area (Å²) >= 11 is 1.96. The Hall–Kier alpha value is -0.420. The lowest BCUT2D eigenvalue weighted by Crippen LogP contribution is -2.48. The molecule has 2 unspecified atom stereocenters. The van der Waals surface area contributed by atoms with E-state index in [0.717, 1.165) is 24.9 Å². The molecule has 3 nitrogen and oxygen atoms in total. The monoisotopic (exact) mass is 319 g/mol. The second kappa shape index (κ2) is 6.60. The summed E-state index contributed by atoms with van der Waals surface area (Å²) in [5.41, 5.74) is 7.84. The fraction of sp³-hybridized carbons (Fsp3) is 0.778. The molecule has 0 amide bonds. The van der Waals surface area contributed by atoms with Gasteiger partial charge in [-0.1, -0.05) is 6.42 Å². The minimum atomic E-state index is 0.481. The lowest BCUT2D eigenvalue weighted by atomic mass is 9.93. The molecule has 3 heterocycles. The molecule has 2 atom stereocenters. The predicted octanol–water partition coefficient (Wildman–Crippen LogP) is 2.90. The van der Waals surface area contributed by atoms with Gasteiger partial charge < -0.3 is 5.73 Å². The summed E-state index contributed by atoms with van der Waals surface area (Å²) in [5.74, 6) is 1.51. The molecule has 1 saturated carbocycles. The summed E-state index contributed by atoms with van der Waals surface area (Å²) in [5, 5.41) is 2.38. The number of nitrogens with zero attached hydrogens (tertiary/aromatic N) is 2. The van der Waals surface area contributed by atoms with Gasteiger partial charge in [-0.05, 0) is 67.6 Å². The maximum absolute atomic E-state index is 6.32. The van der Waals surface area contributed by atoms with E-state index in [2.05, 4.69) is 21.2 Å². The summed E-state index contributed by atoms with van der Waals surface area (Å²) < 4.78 is 0. The maximum atomic E-state index is 6.32. The van der Waals surface area contributed by atoms with E-state index < -0.39 is 0 Å². The van der Waals surface area contributed by atoms with Gasteiger partial charge >= 0.3 is 0 Å². The van der Waals surface area contributed by atoms with Crippen molar-refractivity contribution >= 4 is 11.3 Å². The fourth-order valence-electron chi connectivity index (χ4n) is 4.68. The molecule has 1 aromatic heterocycles. The van der Waals surface area contributed by atoms with Crippen LogP contribution in [-0.2, 0) is 13.1 Å². The Labute approximate surface area is 138 Å². The van der Waals surface area contributed by atoms with Crippen LogP contribution >= 0.6 is 11.3 Å². The van der Waals surface area contributed by atoms with Crippen molar-refractivity contribution in [2.75, 3.05) is 26.2 Å². The third-order valence-electron chi connectivity index (χ3n) is 5.92. The molecule has 4 heteroatoms. The third-order valence-corrected chi connectivity index (χ3v) is 6.89. The minimum Gasteiger partial charge on any atom is -0.327 e. The Bertz CT molecular complexity index is 480. The summed E-state index contributed by atoms with van der Waals surface area (Å²) in [4.78, 5) is 6.82. The molecule has 0 aromatic carbocycles. The normalized spacial score (nSPS) is 33.4. The van der Waals surface area contributed by atoms with Crippen LogP contribution in [0.5, 0.6) is 0 Å². The van der Waals surface area contributed by atoms with E-state index in [1.54, 1.807) is 4.88 Å². The van der Waals surface area contributed by atoms with Crippen LogP contribution in [0.2, 0.25) is 0 Å². The van der Waals surface area contributed by atoms with E-state index in [0.29, 0.717) is 6.04 Å². The van der Waals surface area contributed by atoms with Crippen molar-refractivity contribution < 1.29 is 0 Å². The smallest absolute Gasteiger partial charge is 0.0328 e. The van der Waals surface area contributed by atoms with Crippen LogP contribution in [0, 0.1) is 11.8 Å². The number of likely N-dealkylation sites (tertiary alicyclic amines) is 2. The summed E-state index contributed by atoms with van der Waals surface area (Å²) in [7, 11) is 0. The van der Waals surface area contributed by atoms with Gasteiger partial charge in [-0.3, -0.25) is 9.80 Å². The first-order valence-electron chi connectivity index (χ1n) is 9.04. The largest absolute Gasteiger partial charge is 0.327 e. The molecule has 3 aliphatic rings. The number of fused-ring (bicyclic) bond motifs is 2. The lowest BCUT2D eigenvalue weighted by Gasteiger charge is -2.35. The van der Waals surface area contributed by atoms with E-state index in [-0.39, 0.29) is 0 Å². The molecular formula is C18H29N3S. The number of thiophene rings is 1. The average Bonchev–Trinajstić information content (AvgIpc) is 3.02. The van der Waals surface area contributed by atoms with Crippen molar-refractivity contribution in [1.29, 1.82) is 0 Å². The zero-order chi connectivity index (χ0) is 14.9. The molecule has 0 spiro atoms. The van der Waals surface area contributed by atoms with E-state index in [1.807, 2.05) is 11.3 Å². The predicted molar refractivity (Wildman–Crippen MR) is 92.9 cm³/mol. The van der Waals surface area contributed by atoms with Gasteiger partial charge in [0.05, 0.1) is 0 Å². The van der Waals surface area contributed by atoms with E-state index in [4.69, 9.17) is 5.73 Å². The molecule has 2 N–H and O–H groups in total. The van der Waals surface area contributed by atoms with Gasteiger partial charge in [0, 0.05) is 37.1 Å². The van der Waals surface area contributed by atoms with Crippen LogP contribution in [0.25, 0.3) is 0 Å². The number of piperidine rings is 2. The molecule has 1 aliphatic carbocycles. The number of hydrogen-bond donors (Lipinski definition) is 1. The van der Waals surface area contributed by atoms with Gasteiger partial charge in [0.25, 0.3) is 0 Å². The molecule has 2 saturated heterocycles. The van der Waals surface area contributed by atoms with Gasteiger partial charge in [-0.2, -0.15) is 0 Å². The van der Waals surface area contributed by atoms with E-state index in [9.17, 15) is 0 Å². The zero-order valence-corrected chi connectivity index (χ0v) is 14.4. The average molecular weight is 320 g/mol. The summed E-state index contributed by atoms with van der Waals surface area (Å²) in [6.07, 6.45) is 6.90. The topological polar surface area (TPSA) is 32.5 Å². The maximum Gasteiger partial charge on any atom is 0.0328 e. The Kier molecular flexibility index (Phi) is 4.54.